The fourth-order valence-electron chi connectivity index (χ4n) is 2.68. The van der Waals surface area contributed by atoms with Crippen molar-refractivity contribution in [2.75, 3.05) is 0 Å². The Morgan fingerprint density at radius 3 is 2.47 bits per heavy atom. The fourth-order valence-corrected chi connectivity index (χ4v) is 3.18. The molecule has 7 nitrogen and oxygen atoms in total. The minimum Gasteiger partial charge on any atom is -0.457 e. The van der Waals surface area contributed by atoms with E-state index in [4.69, 9.17) is 44.0 Å². The van der Waals surface area contributed by atoms with E-state index in [1.165, 1.54) is 24.3 Å². The van der Waals surface area contributed by atoms with Crippen LogP contribution in [0.25, 0.3) is 17.4 Å². The second-order valence-electron chi connectivity index (χ2n) is 6.09. The largest absolute Gasteiger partial charge is 0.457 e. The molecule has 0 saturated heterocycles. The van der Waals surface area contributed by atoms with E-state index in [0.717, 1.165) is 0 Å². The van der Waals surface area contributed by atoms with Crippen LogP contribution >= 0.6 is 34.8 Å². The number of benzene rings is 2. The predicted molar refractivity (Wildman–Crippen MR) is 113 cm³/mol. The van der Waals surface area contributed by atoms with Gasteiger partial charge < -0.3 is 9.15 Å². The van der Waals surface area contributed by atoms with E-state index >= 15 is 0 Å². The zero-order chi connectivity index (χ0) is 21.4. The molecule has 3 aromatic rings. The quantitative estimate of drug-likeness (QED) is 0.200. The molecule has 0 N–H and O–H groups in total. The van der Waals surface area contributed by atoms with E-state index in [2.05, 4.69) is 4.99 Å². The summed E-state index contributed by atoms with van der Waals surface area (Å²) in [4.78, 5) is 26.7. The second-order valence-corrected chi connectivity index (χ2v) is 7.31. The fraction of sp³-hybridized carbons (Fsp3) is 0. The van der Waals surface area contributed by atoms with Crippen LogP contribution < -0.4 is 0 Å². The van der Waals surface area contributed by atoms with Gasteiger partial charge in [-0.25, -0.2) is 9.79 Å². The van der Waals surface area contributed by atoms with Gasteiger partial charge in [-0.1, -0.05) is 34.8 Å². The third kappa shape index (κ3) is 3.95. The van der Waals surface area contributed by atoms with Gasteiger partial charge in [0.25, 0.3) is 5.69 Å². The lowest BCUT2D eigenvalue weighted by atomic mass is 10.2. The number of ether oxygens (including phenoxy) is 1. The molecule has 30 heavy (non-hydrogen) atoms. The molecule has 0 amide bonds. The van der Waals surface area contributed by atoms with Crippen LogP contribution in [0, 0.1) is 10.1 Å². The van der Waals surface area contributed by atoms with Crippen LogP contribution in [-0.2, 0) is 9.53 Å². The molecular weight excluding hydrogens is 455 g/mol. The number of furan rings is 1. The number of aliphatic imine (C=N–C) groups is 1. The van der Waals surface area contributed by atoms with Crippen molar-refractivity contribution in [3.8, 4) is 11.3 Å². The van der Waals surface area contributed by atoms with Crippen molar-refractivity contribution in [3.05, 3.63) is 90.7 Å². The third-order valence-electron chi connectivity index (χ3n) is 4.12. The molecule has 150 valence electrons. The minimum atomic E-state index is -0.736. The number of carbonyl (C=O) groups is 1. The molecule has 0 aliphatic carbocycles. The number of non-ortho nitro benzene ring substituents is 1. The van der Waals surface area contributed by atoms with Crippen molar-refractivity contribution in [2.45, 2.75) is 0 Å². The van der Waals surface area contributed by atoms with Crippen LogP contribution in [-0.4, -0.2) is 16.8 Å². The van der Waals surface area contributed by atoms with E-state index in [1.807, 2.05) is 0 Å². The van der Waals surface area contributed by atoms with Gasteiger partial charge >= 0.3 is 5.97 Å². The molecule has 4 rings (SSSR count). The Morgan fingerprint density at radius 1 is 0.967 bits per heavy atom. The summed E-state index contributed by atoms with van der Waals surface area (Å²) in [7, 11) is 0. The smallest absolute Gasteiger partial charge is 0.363 e. The average molecular weight is 464 g/mol. The van der Waals surface area contributed by atoms with Crippen molar-refractivity contribution in [1.82, 2.24) is 0 Å². The first-order chi connectivity index (χ1) is 14.3. The number of carbonyl (C=O) groups excluding carboxylic acids is 1. The Labute approximate surface area is 184 Å². The van der Waals surface area contributed by atoms with Crippen LogP contribution in [0.3, 0.4) is 0 Å². The van der Waals surface area contributed by atoms with E-state index in [-0.39, 0.29) is 27.9 Å². The van der Waals surface area contributed by atoms with Crippen LogP contribution in [0.1, 0.15) is 11.3 Å². The number of cyclic esters (lactones) is 1. The Hall–Kier alpha value is -3.13. The lowest BCUT2D eigenvalue weighted by Gasteiger charge is -2.02. The highest BCUT2D eigenvalue weighted by atomic mass is 35.5. The molecule has 0 atom stereocenters. The number of halogens is 3. The van der Waals surface area contributed by atoms with Crippen LogP contribution in [0.15, 0.2) is 63.6 Å². The molecule has 1 aliphatic rings. The van der Waals surface area contributed by atoms with Crippen molar-refractivity contribution < 1.29 is 18.9 Å². The van der Waals surface area contributed by atoms with E-state index in [0.29, 0.717) is 27.1 Å². The zero-order valence-corrected chi connectivity index (χ0v) is 17.0. The van der Waals surface area contributed by atoms with Crippen molar-refractivity contribution in [2.24, 2.45) is 4.99 Å². The maximum absolute atomic E-state index is 12.2. The number of nitro groups is 1. The van der Waals surface area contributed by atoms with Gasteiger partial charge in [-0.05, 0) is 36.4 Å². The highest BCUT2D eigenvalue weighted by molar-refractivity contribution is 6.42. The van der Waals surface area contributed by atoms with Gasteiger partial charge in [0.1, 0.15) is 11.5 Å². The molecule has 10 heteroatoms. The molecule has 0 unspecified atom stereocenters. The van der Waals surface area contributed by atoms with Gasteiger partial charge in [-0.15, -0.1) is 0 Å². The van der Waals surface area contributed by atoms with E-state index in [9.17, 15) is 14.9 Å². The number of esters is 1. The summed E-state index contributed by atoms with van der Waals surface area (Å²) in [5.41, 5.74) is 0.597. The van der Waals surface area contributed by atoms with Gasteiger partial charge in [0.05, 0.1) is 25.6 Å². The molecular formula is C20H9Cl3N2O5. The van der Waals surface area contributed by atoms with Crippen LogP contribution in [0.4, 0.5) is 5.69 Å². The number of hydrogen-bond acceptors (Lipinski definition) is 6. The summed E-state index contributed by atoms with van der Waals surface area (Å²) in [6.45, 7) is 0. The average Bonchev–Trinajstić information content (AvgIpc) is 3.31. The summed E-state index contributed by atoms with van der Waals surface area (Å²) in [6.07, 6.45) is 1.39. The Morgan fingerprint density at radius 2 is 1.73 bits per heavy atom. The minimum absolute atomic E-state index is 0.0392. The lowest BCUT2D eigenvalue weighted by molar-refractivity contribution is -0.384. The van der Waals surface area contributed by atoms with Crippen LogP contribution in [0.5, 0.6) is 0 Å². The molecule has 0 spiro atoms. The van der Waals surface area contributed by atoms with Gasteiger partial charge in [-0.2, -0.15) is 0 Å². The lowest BCUT2D eigenvalue weighted by Crippen LogP contribution is -2.06. The number of nitrogens with zero attached hydrogens (tertiary/aromatic N) is 2. The molecule has 1 aliphatic heterocycles. The Kier molecular flexibility index (Phi) is 5.34. The second kappa shape index (κ2) is 7.95. The maximum atomic E-state index is 12.2. The molecule has 0 radical (unpaired) electrons. The summed E-state index contributed by atoms with van der Waals surface area (Å²) < 4.78 is 10.8. The first-order valence-electron chi connectivity index (χ1n) is 8.34. The van der Waals surface area contributed by atoms with E-state index in [1.54, 1.807) is 30.3 Å². The predicted octanol–water partition coefficient (Wildman–Crippen LogP) is 6.16. The van der Waals surface area contributed by atoms with Gasteiger partial charge in [-0.3, -0.25) is 10.1 Å². The monoisotopic (exact) mass is 462 g/mol. The molecule has 0 saturated carbocycles. The SMILES string of the molecule is O=C1OC(c2cc([N+](=O)[O-])ccc2Cl)=N/C1=C\c1ccc(-c2ccc(Cl)c(Cl)c2)o1. The first-order valence-corrected chi connectivity index (χ1v) is 9.47. The van der Waals surface area contributed by atoms with Gasteiger partial charge in [0.15, 0.2) is 5.70 Å². The molecule has 0 fully saturated rings. The summed E-state index contributed by atoms with van der Waals surface area (Å²) in [5, 5.41) is 11.9. The number of rotatable bonds is 4. The van der Waals surface area contributed by atoms with Gasteiger partial charge in [0.2, 0.25) is 5.90 Å². The van der Waals surface area contributed by atoms with Crippen molar-refractivity contribution in [3.63, 3.8) is 0 Å². The normalized spacial score (nSPS) is 14.7. The summed E-state index contributed by atoms with van der Waals surface area (Å²) in [6, 6.07) is 12.2. The first kappa shape index (κ1) is 20.2. The van der Waals surface area contributed by atoms with E-state index < -0.39 is 10.9 Å². The summed E-state index contributed by atoms with van der Waals surface area (Å²) in [5.74, 6) is -0.00727. The number of nitro benzene ring substituents is 1. The highest BCUT2D eigenvalue weighted by Gasteiger charge is 2.27. The molecule has 2 heterocycles. The third-order valence-corrected chi connectivity index (χ3v) is 5.19. The molecule has 1 aromatic heterocycles. The standard InChI is InChI=1S/C20H9Cl3N2O5/c21-14-5-2-11(25(27)28)8-13(14)19-24-17(20(26)30-19)9-12-3-6-18(29-12)10-1-4-15(22)16(23)7-10/h1-9H/b17-9-. The highest BCUT2D eigenvalue weighted by Crippen LogP contribution is 2.31. The Balaban J connectivity index is 1.65. The van der Waals surface area contributed by atoms with Crippen molar-refractivity contribution in [1.29, 1.82) is 0 Å². The maximum Gasteiger partial charge on any atom is 0.363 e. The summed E-state index contributed by atoms with van der Waals surface area (Å²) >= 11 is 18.0. The van der Waals surface area contributed by atoms with Crippen LogP contribution in [0.2, 0.25) is 15.1 Å². The molecule has 0 bridgehead atoms. The Bertz CT molecular complexity index is 1260. The van der Waals surface area contributed by atoms with Gasteiger partial charge in [0, 0.05) is 23.8 Å². The topological polar surface area (TPSA) is 94.9 Å². The zero-order valence-electron chi connectivity index (χ0n) is 14.8. The number of hydrogen-bond donors (Lipinski definition) is 0. The molecule has 2 aromatic carbocycles. The van der Waals surface area contributed by atoms with Crippen molar-refractivity contribution >= 4 is 58.4 Å².